The van der Waals surface area contributed by atoms with Gasteiger partial charge in [-0.25, -0.2) is 4.98 Å². The predicted octanol–water partition coefficient (Wildman–Crippen LogP) is 3.02. The van der Waals surface area contributed by atoms with Crippen molar-refractivity contribution in [3.05, 3.63) is 30.4 Å². The number of aromatic nitrogens is 1. The number of thioether (sulfide) groups is 1. The standard InChI is InChI=1S/C19H18N2O5S2/c1-26-14(22)8-27-19-21-12-5-4-11(7-13(12)28-19)20-17(23)15-9-2-3-10(6-9)16(15)18(24)25/h2-5,7,9-10,15-16H,6,8H2,1H3,(H,20,23)(H,24,25)/t9-,10-,15+,16+/m0/s1. The number of nitrogens with zero attached hydrogens (tertiary/aromatic N) is 1. The molecule has 1 amide bonds. The first kappa shape index (κ1) is 18.9. The lowest BCUT2D eigenvalue weighted by Crippen LogP contribution is -2.36. The first-order chi connectivity index (χ1) is 13.5. The van der Waals surface area contributed by atoms with E-state index in [0.717, 1.165) is 21.0 Å². The molecule has 2 bridgehead atoms. The van der Waals surface area contributed by atoms with E-state index in [1.165, 1.54) is 30.2 Å². The summed E-state index contributed by atoms with van der Waals surface area (Å²) in [5, 5.41) is 12.4. The number of hydrogen-bond donors (Lipinski definition) is 2. The number of benzene rings is 1. The fourth-order valence-electron chi connectivity index (χ4n) is 3.96. The molecule has 7 nitrogen and oxygen atoms in total. The Hall–Kier alpha value is -2.39. The van der Waals surface area contributed by atoms with Gasteiger partial charge in [-0.05, 0) is 36.5 Å². The molecule has 2 aromatic rings. The van der Waals surface area contributed by atoms with Gasteiger partial charge in [0.1, 0.15) is 0 Å². The number of fused-ring (bicyclic) bond motifs is 3. The number of nitrogens with one attached hydrogen (secondary N) is 1. The number of rotatable bonds is 6. The van der Waals surface area contributed by atoms with Crippen molar-refractivity contribution < 1.29 is 24.2 Å². The molecule has 0 saturated heterocycles. The monoisotopic (exact) mass is 418 g/mol. The number of aliphatic carboxylic acids is 1. The Labute approximate surface area is 169 Å². The van der Waals surface area contributed by atoms with Crippen molar-refractivity contribution in [3.8, 4) is 0 Å². The maximum Gasteiger partial charge on any atom is 0.316 e. The summed E-state index contributed by atoms with van der Waals surface area (Å²) in [4.78, 5) is 40.1. The Kier molecular flexibility index (Phi) is 5.11. The average molecular weight is 418 g/mol. The molecule has 0 radical (unpaired) electrons. The summed E-state index contributed by atoms with van der Waals surface area (Å²) in [7, 11) is 1.34. The van der Waals surface area contributed by atoms with Crippen LogP contribution in [0.4, 0.5) is 5.69 Å². The molecule has 1 fully saturated rings. The number of carbonyl (C=O) groups excluding carboxylic acids is 2. The number of carboxylic acid groups (broad SMARTS) is 1. The molecule has 1 saturated carbocycles. The zero-order chi connectivity index (χ0) is 19.8. The number of allylic oxidation sites excluding steroid dienone is 2. The van der Waals surface area contributed by atoms with Gasteiger partial charge in [-0.15, -0.1) is 11.3 Å². The molecule has 1 heterocycles. The second-order valence-electron chi connectivity index (χ2n) is 6.85. The molecule has 1 aromatic heterocycles. The second kappa shape index (κ2) is 7.56. The van der Waals surface area contributed by atoms with Crippen LogP contribution in [0.3, 0.4) is 0 Å². The molecule has 2 aliphatic rings. The zero-order valence-electron chi connectivity index (χ0n) is 15.0. The van der Waals surface area contributed by atoms with E-state index in [4.69, 9.17) is 0 Å². The number of carbonyl (C=O) groups is 3. The van der Waals surface area contributed by atoms with Gasteiger partial charge in [-0.3, -0.25) is 14.4 Å². The zero-order valence-corrected chi connectivity index (χ0v) is 16.6. The van der Waals surface area contributed by atoms with E-state index in [1.54, 1.807) is 12.1 Å². The third kappa shape index (κ3) is 3.51. The highest BCUT2D eigenvalue weighted by Gasteiger charge is 2.51. The Morgan fingerprint density at radius 1 is 1.29 bits per heavy atom. The molecule has 0 spiro atoms. The molecule has 28 heavy (non-hydrogen) atoms. The van der Waals surface area contributed by atoms with Crippen LogP contribution in [0.15, 0.2) is 34.7 Å². The lowest BCUT2D eigenvalue weighted by molar-refractivity contribution is -0.146. The molecule has 9 heteroatoms. The molecule has 0 unspecified atom stereocenters. The summed E-state index contributed by atoms with van der Waals surface area (Å²) in [6.45, 7) is 0. The Balaban J connectivity index is 1.48. The van der Waals surface area contributed by atoms with Crippen LogP contribution < -0.4 is 5.32 Å². The second-order valence-corrected chi connectivity index (χ2v) is 9.11. The number of anilines is 1. The van der Waals surface area contributed by atoms with Crippen molar-refractivity contribution in [1.29, 1.82) is 0 Å². The number of thiazole rings is 1. The minimum absolute atomic E-state index is 0.0143. The van der Waals surface area contributed by atoms with Gasteiger partial charge in [0, 0.05) is 5.69 Å². The van der Waals surface area contributed by atoms with Crippen LogP contribution in [0.5, 0.6) is 0 Å². The third-order valence-electron chi connectivity index (χ3n) is 5.22. The van der Waals surface area contributed by atoms with E-state index in [1.807, 2.05) is 18.2 Å². The Morgan fingerprint density at radius 2 is 2.04 bits per heavy atom. The highest BCUT2D eigenvalue weighted by atomic mass is 32.2. The molecular formula is C19H18N2O5S2. The van der Waals surface area contributed by atoms with Gasteiger partial charge >= 0.3 is 11.9 Å². The molecule has 2 N–H and O–H groups in total. The maximum absolute atomic E-state index is 12.8. The minimum Gasteiger partial charge on any atom is -0.481 e. The first-order valence-electron chi connectivity index (χ1n) is 8.78. The largest absolute Gasteiger partial charge is 0.481 e. The topological polar surface area (TPSA) is 106 Å². The number of amides is 1. The number of carboxylic acids is 1. The smallest absolute Gasteiger partial charge is 0.316 e. The Morgan fingerprint density at radius 3 is 2.75 bits per heavy atom. The maximum atomic E-state index is 12.8. The van der Waals surface area contributed by atoms with Crippen LogP contribution in [-0.4, -0.2) is 40.8 Å². The minimum atomic E-state index is -0.915. The van der Waals surface area contributed by atoms with Crippen LogP contribution in [0.1, 0.15) is 6.42 Å². The third-order valence-corrected chi connectivity index (χ3v) is 7.36. The van der Waals surface area contributed by atoms with E-state index in [0.29, 0.717) is 5.69 Å². The summed E-state index contributed by atoms with van der Waals surface area (Å²) in [6.07, 6.45) is 4.61. The number of methoxy groups -OCH3 is 1. The molecule has 4 rings (SSSR count). The predicted molar refractivity (Wildman–Crippen MR) is 106 cm³/mol. The van der Waals surface area contributed by atoms with Crippen LogP contribution in [0, 0.1) is 23.7 Å². The number of hydrogen-bond acceptors (Lipinski definition) is 7. The molecule has 1 aromatic carbocycles. The fraction of sp³-hybridized carbons (Fsp3) is 0.368. The lowest BCUT2D eigenvalue weighted by atomic mass is 9.82. The van der Waals surface area contributed by atoms with E-state index in [-0.39, 0.29) is 29.5 Å². The van der Waals surface area contributed by atoms with Crippen molar-refractivity contribution in [2.24, 2.45) is 23.7 Å². The first-order valence-corrected chi connectivity index (χ1v) is 10.6. The van der Waals surface area contributed by atoms with Crippen molar-refractivity contribution in [3.63, 3.8) is 0 Å². The van der Waals surface area contributed by atoms with Gasteiger partial charge < -0.3 is 15.2 Å². The summed E-state index contributed by atoms with van der Waals surface area (Å²) in [5.74, 6) is -2.58. The molecule has 0 aliphatic heterocycles. The van der Waals surface area contributed by atoms with Crippen LogP contribution >= 0.6 is 23.1 Å². The van der Waals surface area contributed by atoms with E-state index >= 15 is 0 Å². The molecule has 2 aliphatic carbocycles. The van der Waals surface area contributed by atoms with Gasteiger partial charge in [0.05, 0.1) is 34.9 Å². The summed E-state index contributed by atoms with van der Waals surface area (Å²) < 4.78 is 6.25. The number of esters is 1. The van der Waals surface area contributed by atoms with E-state index in [2.05, 4.69) is 15.0 Å². The SMILES string of the molecule is COC(=O)CSc1nc2ccc(NC(=O)[C@H]3[C@H](C(=O)O)[C@H]4C=C[C@H]3C4)cc2s1. The van der Waals surface area contributed by atoms with Crippen LogP contribution in [0.25, 0.3) is 10.2 Å². The van der Waals surface area contributed by atoms with Gasteiger partial charge in [0.25, 0.3) is 0 Å². The van der Waals surface area contributed by atoms with E-state index in [9.17, 15) is 19.5 Å². The van der Waals surface area contributed by atoms with E-state index < -0.39 is 17.8 Å². The Bertz CT molecular complexity index is 986. The summed E-state index contributed by atoms with van der Waals surface area (Å²) in [6, 6.07) is 5.39. The molecule has 4 atom stereocenters. The average Bonchev–Trinajstić information content (AvgIpc) is 3.38. The number of ether oxygens (including phenoxy) is 1. The van der Waals surface area contributed by atoms with Crippen LogP contribution in [-0.2, 0) is 19.1 Å². The van der Waals surface area contributed by atoms with Crippen molar-refractivity contribution >= 4 is 56.8 Å². The highest BCUT2D eigenvalue weighted by Crippen LogP contribution is 2.48. The quantitative estimate of drug-likeness (QED) is 0.422. The molecular weight excluding hydrogens is 400 g/mol. The molecule has 146 valence electrons. The fourth-order valence-corrected chi connectivity index (χ4v) is 5.90. The van der Waals surface area contributed by atoms with Crippen molar-refractivity contribution in [2.45, 2.75) is 10.8 Å². The van der Waals surface area contributed by atoms with Crippen molar-refractivity contribution in [1.82, 2.24) is 4.98 Å². The van der Waals surface area contributed by atoms with Crippen molar-refractivity contribution in [2.75, 3.05) is 18.2 Å². The van der Waals surface area contributed by atoms with Gasteiger partial charge in [0.15, 0.2) is 4.34 Å². The van der Waals surface area contributed by atoms with Crippen LogP contribution in [0.2, 0.25) is 0 Å². The summed E-state index contributed by atoms with van der Waals surface area (Å²) in [5.41, 5.74) is 1.39. The van der Waals surface area contributed by atoms with Gasteiger partial charge in [-0.2, -0.15) is 0 Å². The van der Waals surface area contributed by atoms with Gasteiger partial charge in [0.2, 0.25) is 5.91 Å². The lowest BCUT2D eigenvalue weighted by Gasteiger charge is -2.23. The normalized spacial score (nSPS) is 25.2. The van der Waals surface area contributed by atoms with Gasteiger partial charge in [-0.1, -0.05) is 23.9 Å². The summed E-state index contributed by atoms with van der Waals surface area (Å²) >= 11 is 2.73. The highest BCUT2D eigenvalue weighted by molar-refractivity contribution is 8.01.